The van der Waals surface area contributed by atoms with Gasteiger partial charge in [-0.25, -0.2) is 0 Å². The van der Waals surface area contributed by atoms with Crippen LogP contribution in [0.2, 0.25) is 0 Å². The summed E-state index contributed by atoms with van der Waals surface area (Å²) in [4.78, 5) is 42.9. The number of hydrogen-bond acceptors (Lipinski definition) is 5. The molecule has 8 nitrogen and oxygen atoms in total. The van der Waals surface area contributed by atoms with Gasteiger partial charge in [0.05, 0.1) is 12.3 Å². The summed E-state index contributed by atoms with van der Waals surface area (Å²) in [5.41, 5.74) is 1.58. The molecule has 1 aromatic heterocycles. The van der Waals surface area contributed by atoms with E-state index in [4.69, 9.17) is 4.74 Å². The topological polar surface area (TPSA) is 83.9 Å². The van der Waals surface area contributed by atoms with Crippen LogP contribution >= 0.6 is 0 Å². The number of hydrogen-bond donors (Lipinski definition) is 1. The zero-order valence-electron chi connectivity index (χ0n) is 20.8. The third-order valence-corrected chi connectivity index (χ3v) is 6.36. The molecule has 1 fully saturated rings. The van der Waals surface area contributed by atoms with Crippen LogP contribution in [0.4, 0.5) is 5.69 Å². The highest BCUT2D eigenvalue weighted by atomic mass is 16.5. The van der Waals surface area contributed by atoms with Gasteiger partial charge in [-0.1, -0.05) is 42.5 Å². The zero-order valence-corrected chi connectivity index (χ0v) is 20.8. The quantitative estimate of drug-likeness (QED) is 0.527. The summed E-state index contributed by atoms with van der Waals surface area (Å²) in [5.74, 6) is -0.0308. The summed E-state index contributed by atoms with van der Waals surface area (Å²) in [6.07, 6.45) is 3.82. The van der Waals surface area contributed by atoms with E-state index in [0.29, 0.717) is 45.8 Å². The van der Waals surface area contributed by atoms with Crippen molar-refractivity contribution in [1.29, 1.82) is 0 Å². The van der Waals surface area contributed by atoms with E-state index in [1.54, 1.807) is 15.7 Å². The van der Waals surface area contributed by atoms with Crippen molar-refractivity contribution >= 4 is 17.5 Å². The van der Waals surface area contributed by atoms with Crippen molar-refractivity contribution in [3.63, 3.8) is 0 Å². The molecule has 0 radical (unpaired) electrons. The van der Waals surface area contributed by atoms with Crippen LogP contribution in [0.1, 0.15) is 33.2 Å². The average molecular weight is 489 g/mol. The first kappa shape index (κ1) is 25.0. The van der Waals surface area contributed by atoms with E-state index >= 15 is 0 Å². The lowest BCUT2D eigenvalue weighted by molar-refractivity contribution is 0.0744. The largest absolute Gasteiger partial charge is 0.492 e. The van der Waals surface area contributed by atoms with E-state index in [9.17, 15) is 14.4 Å². The molecule has 0 spiro atoms. The Bertz CT molecular complexity index is 1260. The third-order valence-electron chi connectivity index (χ3n) is 6.36. The first-order chi connectivity index (χ1) is 17.5. The van der Waals surface area contributed by atoms with E-state index in [1.165, 1.54) is 13.2 Å². The minimum atomic E-state index is -0.542. The van der Waals surface area contributed by atoms with Gasteiger partial charge in [0.2, 0.25) is 5.43 Å². The number of nitrogens with one attached hydrogen (secondary N) is 1. The molecule has 0 saturated carbocycles. The number of carbonyl (C=O) groups is 2. The van der Waals surface area contributed by atoms with Crippen molar-refractivity contribution in [3.8, 4) is 5.75 Å². The van der Waals surface area contributed by atoms with Crippen molar-refractivity contribution in [1.82, 2.24) is 14.8 Å². The van der Waals surface area contributed by atoms with Gasteiger partial charge < -0.3 is 24.4 Å². The van der Waals surface area contributed by atoms with Gasteiger partial charge in [-0.05, 0) is 31.0 Å². The van der Waals surface area contributed by atoms with Gasteiger partial charge in [0, 0.05) is 52.2 Å². The molecule has 3 aromatic rings. The molecule has 4 rings (SSSR count). The van der Waals surface area contributed by atoms with Crippen LogP contribution in [-0.4, -0.2) is 61.1 Å². The second kappa shape index (κ2) is 11.6. The Morgan fingerprint density at radius 2 is 1.58 bits per heavy atom. The second-order valence-electron chi connectivity index (χ2n) is 8.65. The number of aryl methyl sites for hydroxylation is 2. The van der Waals surface area contributed by atoms with Crippen LogP contribution in [0.15, 0.2) is 71.8 Å². The Labute approximate surface area is 211 Å². The Balaban J connectivity index is 1.53. The lowest BCUT2D eigenvalue weighted by atomic mass is 10.1. The lowest BCUT2D eigenvalue weighted by Crippen LogP contribution is -2.50. The molecule has 2 heterocycles. The number of para-hydroxylation sites is 2. The van der Waals surface area contributed by atoms with Crippen molar-refractivity contribution in [2.45, 2.75) is 19.9 Å². The number of rotatable bonds is 8. The maximum absolute atomic E-state index is 13.5. The molecule has 188 valence electrons. The molecule has 2 aromatic carbocycles. The average Bonchev–Trinajstić information content (AvgIpc) is 2.93. The molecule has 1 aliphatic heterocycles. The standard InChI is InChI=1S/C28H32N4O4/c1-3-36-25-12-8-7-11-24(25)31-15-17-32(18-16-31)28(35)23-20-30(14-13-21-9-5-4-6-10-21)19-22(26(23)33)27(34)29-2/h4-12,19-20H,3,13-18H2,1-2H3,(H,29,34). The summed E-state index contributed by atoms with van der Waals surface area (Å²) in [6.45, 7) is 5.23. The molecule has 0 aliphatic carbocycles. The number of piperazine rings is 1. The summed E-state index contributed by atoms with van der Waals surface area (Å²) in [5, 5.41) is 2.51. The molecule has 0 atom stereocenters. The van der Waals surface area contributed by atoms with Gasteiger partial charge in [0.1, 0.15) is 16.9 Å². The molecular weight excluding hydrogens is 456 g/mol. The summed E-state index contributed by atoms with van der Waals surface area (Å²) in [7, 11) is 1.48. The van der Waals surface area contributed by atoms with Crippen LogP contribution in [0, 0.1) is 0 Å². The van der Waals surface area contributed by atoms with E-state index in [1.807, 2.05) is 61.5 Å². The van der Waals surface area contributed by atoms with Crippen LogP contribution in [0.5, 0.6) is 5.75 Å². The maximum Gasteiger partial charge on any atom is 0.259 e. The second-order valence-corrected chi connectivity index (χ2v) is 8.65. The van der Waals surface area contributed by atoms with Gasteiger partial charge in [0.15, 0.2) is 0 Å². The van der Waals surface area contributed by atoms with E-state index in [-0.39, 0.29) is 17.0 Å². The Morgan fingerprint density at radius 1 is 0.917 bits per heavy atom. The number of anilines is 1. The van der Waals surface area contributed by atoms with E-state index < -0.39 is 11.3 Å². The Kier molecular flexibility index (Phi) is 8.05. The number of benzene rings is 2. The highest BCUT2D eigenvalue weighted by molar-refractivity contribution is 5.99. The zero-order chi connectivity index (χ0) is 25.5. The molecule has 8 heteroatoms. The molecule has 2 amide bonds. The van der Waals surface area contributed by atoms with Gasteiger partial charge in [-0.2, -0.15) is 0 Å². The van der Waals surface area contributed by atoms with Crippen molar-refractivity contribution in [2.24, 2.45) is 0 Å². The van der Waals surface area contributed by atoms with E-state index in [2.05, 4.69) is 10.2 Å². The monoisotopic (exact) mass is 488 g/mol. The van der Waals surface area contributed by atoms with E-state index in [0.717, 1.165) is 17.0 Å². The number of ether oxygens (including phenoxy) is 1. The Hall–Kier alpha value is -4.07. The molecule has 1 aliphatic rings. The smallest absolute Gasteiger partial charge is 0.259 e. The van der Waals surface area contributed by atoms with Crippen LogP contribution in [-0.2, 0) is 13.0 Å². The number of carbonyl (C=O) groups excluding carboxylic acids is 2. The minimum Gasteiger partial charge on any atom is -0.492 e. The van der Waals surface area contributed by atoms with Crippen molar-refractivity contribution < 1.29 is 14.3 Å². The van der Waals surface area contributed by atoms with Crippen molar-refractivity contribution in [3.05, 3.63) is 93.9 Å². The molecule has 0 bridgehead atoms. The normalized spacial score (nSPS) is 13.4. The first-order valence-corrected chi connectivity index (χ1v) is 12.3. The molecule has 1 N–H and O–H groups in total. The van der Waals surface area contributed by atoms with Crippen LogP contribution in [0.3, 0.4) is 0 Å². The lowest BCUT2D eigenvalue weighted by Gasteiger charge is -2.36. The number of pyridine rings is 1. The van der Waals surface area contributed by atoms with Gasteiger partial charge in [-0.15, -0.1) is 0 Å². The SMILES string of the molecule is CCOc1ccccc1N1CCN(C(=O)c2cn(CCc3ccccc3)cc(C(=O)NC)c2=O)CC1. The van der Waals surface area contributed by atoms with Gasteiger partial charge in [0.25, 0.3) is 11.8 Å². The fourth-order valence-electron chi connectivity index (χ4n) is 4.43. The fraction of sp³-hybridized carbons (Fsp3) is 0.321. The van der Waals surface area contributed by atoms with Gasteiger partial charge >= 0.3 is 0 Å². The highest BCUT2D eigenvalue weighted by Gasteiger charge is 2.27. The predicted molar refractivity (Wildman–Crippen MR) is 140 cm³/mol. The number of amides is 2. The summed E-state index contributed by atoms with van der Waals surface area (Å²) >= 11 is 0. The predicted octanol–water partition coefficient (Wildman–Crippen LogP) is 2.81. The molecule has 36 heavy (non-hydrogen) atoms. The first-order valence-electron chi connectivity index (χ1n) is 12.3. The summed E-state index contributed by atoms with van der Waals surface area (Å²) < 4.78 is 7.52. The fourth-order valence-corrected chi connectivity index (χ4v) is 4.43. The molecule has 0 unspecified atom stereocenters. The maximum atomic E-state index is 13.5. The van der Waals surface area contributed by atoms with Crippen LogP contribution < -0.4 is 20.4 Å². The third kappa shape index (κ3) is 5.59. The highest BCUT2D eigenvalue weighted by Crippen LogP contribution is 2.29. The molecule has 1 saturated heterocycles. The van der Waals surface area contributed by atoms with Gasteiger partial charge in [-0.3, -0.25) is 14.4 Å². The van der Waals surface area contributed by atoms with Crippen LogP contribution in [0.25, 0.3) is 0 Å². The van der Waals surface area contributed by atoms with Crippen molar-refractivity contribution in [2.75, 3.05) is 44.7 Å². The Morgan fingerprint density at radius 3 is 2.28 bits per heavy atom. The minimum absolute atomic E-state index is 0.0207. The number of aromatic nitrogens is 1. The molecular formula is C28H32N4O4. The summed E-state index contributed by atoms with van der Waals surface area (Å²) in [6, 6.07) is 17.8. The number of nitrogens with zero attached hydrogens (tertiary/aromatic N) is 3.